The van der Waals surface area contributed by atoms with Crippen LogP contribution in [0.5, 0.6) is 28.7 Å². The molecule has 1 saturated heterocycles. The van der Waals surface area contributed by atoms with E-state index < -0.39 is 67.2 Å². The number of hydrogen-bond donors (Lipinski definition) is 0. The van der Waals surface area contributed by atoms with Crippen LogP contribution in [-0.4, -0.2) is 103 Å². The highest BCUT2D eigenvalue weighted by Crippen LogP contribution is 2.31. The van der Waals surface area contributed by atoms with Crippen LogP contribution in [-0.2, 0) is 52.4 Å². The van der Waals surface area contributed by atoms with Crippen molar-refractivity contribution < 1.29 is 76.1 Å². The van der Waals surface area contributed by atoms with Crippen molar-refractivity contribution in [3.63, 3.8) is 0 Å². The lowest BCUT2D eigenvalue weighted by molar-refractivity contribution is -0.298. The Labute approximate surface area is 416 Å². The number of hydrogen-bond acceptors (Lipinski definition) is 16. The Hall–Kier alpha value is -8.89. The van der Waals surface area contributed by atoms with Gasteiger partial charge in [-0.3, -0.25) is 0 Å². The van der Waals surface area contributed by atoms with Crippen molar-refractivity contribution in [1.82, 2.24) is 0 Å². The molecule has 5 atom stereocenters. The summed E-state index contributed by atoms with van der Waals surface area (Å²) in [6, 6.07) is 34.2. The number of carbonyl (C=O) groups excluding carboxylic acids is 5. The highest BCUT2D eigenvalue weighted by Gasteiger charge is 2.54. The first-order chi connectivity index (χ1) is 34.9. The minimum absolute atomic E-state index is 0.513. The lowest BCUT2D eigenvalue weighted by atomic mass is 9.98. The zero-order valence-electron chi connectivity index (χ0n) is 39.9. The van der Waals surface area contributed by atoms with Gasteiger partial charge in [0.25, 0.3) is 0 Å². The van der Waals surface area contributed by atoms with Crippen LogP contribution in [0.4, 0.5) is 0 Å². The molecule has 0 radical (unpaired) electrons. The monoisotopic (exact) mass is 980 g/mol. The molecule has 72 heavy (non-hydrogen) atoms. The number of ether oxygens (including phenoxy) is 11. The summed E-state index contributed by atoms with van der Waals surface area (Å²) in [4.78, 5) is 68.8. The van der Waals surface area contributed by atoms with E-state index in [0.29, 0.717) is 56.6 Å². The molecule has 1 aliphatic rings. The van der Waals surface area contributed by atoms with Gasteiger partial charge in [0.2, 0.25) is 12.4 Å². The van der Waals surface area contributed by atoms with E-state index in [4.69, 9.17) is 52.1 Å². The van der Waals surface area contributed by atoms with Gasteiger partial charge in [0.15, 0.2) is 12.2 Å². The van der Waals surface area contributed by atoms with Crippen LogP contribution in [0, 0.1) is 0 Å². The van der Waals surface area contributed by atoms with Gasteiger partial charge in [0.1, 0.15) is 41.5 Å². The second-order valence-corrected chi connectivity index (χ2v) is 15.4. The summed E-state index contributed by atoms with van der Waals surface area (Å²) in [5, 5.41) is 0. The number of benzene rings is 5. The molecule has 0 unspecified atom stereocenters. The quantitative estimate of drug-likeness (QED) is 0.0389. The van der Waals surface area contributed by atoms with Crippen LogP contribution >= 0.6 is 0 Å². The molecular formula is C56H52O16. The normalized spacial score (nSPS) is 17.7. The van der Waals surface area contributed by atoms with Gasteiger partial charge in [-0.25, -0.2) is 24.0 Å². The van der Waals surface area contributed by atoms with Crippen LogP contribution in [0.1, 0.15) is 27.8 Å². The van der Waals surface area contributed by atoms with Crippen LogP contribution in [0.15, 0.2) is 152 Å². The molecule has 372 valence electrons. The van der Waals surface area contributed by atoms with Crippen molar-refractivity contribution in [2.75, 3.05) is 42.2 Å². The molecule has 16 heteroatoms. The molecule has 0 spiro atoms. The van der Waals surface area contributed by atoms with E-state index in [1.165, 1.54) is 65.9 Å². The molecule has 1 heterocycles. The third-order valence-electron chi connectivity index (χ3n) is 10.5. The fourth-order valence-electron chi connectivity index (χ4n) is 6.94. The molecule has 0 aromatic heterocycles. The Balaban J connectivity index is 1.40. The summed E-state index contributed by atoms with van der Waals surface area (Å²) in [7, 11) is 7.48. The largest absolute Gasteiger partial charge is 0.497 e. The molecule has 1 fully saturated rings. The zero-order valence-corrected chi connectivity index (χ0v) is 39.9. The molecule has 0 saturated carbocycles. The van der Waals surface area contributed by atoms with Crippen molar-refractivity contribution in [2.45, 2.75) is 30.7 Å². The molecule has 16 nitrogen and oxygen atoms in total. The maximum atomic E-state index is 14.0. The van der Waals surface area contributed by atoms with Crippen molar-refractivity contribution in [1.29, 1.82) is 0 Å². The highest BCUT2D eigenvalue weighted by molar-refractivity contribution is 5.90. The molecule has 0 bridgehead atoms. The van der Waals surface area contributed by atoms with E-state index in [-0.39, 0.29) is 0 Å². The van der Waals surface area contributed by atoms with Crippen molar-refractivity contribution in [3.05, 3.63) is 180 Å². The number of esters is 5. The number of carbonyl (C=O) groups is 5. The van der Waals surface area contributed by atoms with E-state index in [2.05, 4.69) is 0 Å². The summed E-state index contributed by atoms with van der Waals surface area (Å²) in [5.74, 6) is -2.23. The summed E-state index contributed by atoms with van der Waals surface area (Å²) in [6.45, 7) is -0.670. The SMILES string of the molecule is COc1cccc(/C=C/C(=O)OC[C@H]2O[C@H](OC(=O)/C=C/c3cccc(OC)c3)[C@@H](OC(=O)/C=C/c3cccc(OC)c3)[C@@H](OC(=O)/C=C/c3cccc(OC)c3)[C@H]2OC(=O)/C=C/c2cccc(OC)c2)c1. The second-order valence-electron chi connectivity index (χ2n) is 15.4. The second kappa shape index (κ2) is 26.8. The summed E-state index contributed by atoms with van der Waals surface area (Å²) < 4.78 is 62.3. The molecule has 0 amide bonds. The molecule has 6 rings (SSSR count). The molecular weight excluding hydrogens is 929 g/mol. The van der Waals surface area contributed by atoms with E-state index in [1.54, 1.807) is 121 Å². The van der Waals surface area contributed by atoms with Gasteiger partial charge >= 0.3 is 29.8 Å². The molecule has 1 aliphatic heterocycles. The predicted molar refractivity (Wildman–Crippen MR) is 265 cm³/mol. The summed E-state index contributed by atoms with van der Waals surface area (Å²) in [6.07, 6.45) is 3.98. The average molecular weight is 981 g/mol. The van der Waals surface area contributed by atoms with Gasteiger partial charge in [0.05, 0.1) is 35.5 Å². The first kappa shape index (κ1) is 52.5. The van der Waals surface area contributed by atoms with Gasteiger partial charge in [-0.05, 0) is 119 Å². The minimum Gasteiger partial charge on any atom is -0.497 e. The Bertz CT molecular complexity index is 2820. The van der Waals surface area contributed by atoms with Crippen molar-refractivity contribution in [3.8, 4) is 28.7 Å². The van der Waals surface area contributed by atoms with E-state index in [1.807, 2.05) is 0 Å². The number of methoxy groups -OCH3 is 5. The van der Waals surface area contributed by atoms with Gasteiger partial charge in [-0.15, -0.1) is 0 Å². The lowest BCUT2D eigenvalue weighted by Crippen LogP contribution is -2.63. The first-order valence-corrected chi connectivity index (χ1v) is 22.2. The Morgan fingerprint density at radius 1 is 0.389 bits per heavy atom. The highest BCUT2D eigenvalue weighted by atomic mass is 16.7. The Morgan fingerprint density at radius 2 is 0.681 bits per heavy atom. The lowest BCUT2D eigenvalue weighted by Gasteiger charge is -2.43. The summed E-state index contributed by atoms with van der Waals surface area (Å²) >= 11 is 0. The van der Waals surface area contributed by atoms with E-state index >= 15 is 0 Å². The smallest absolute Gasteiger partial charge is 0.333 e. The van der Waals surface area contributed by atoms with Crippen molar-refractivity contribution in [2.24, 2.45) is 0 Å². The van der Waals surface area contributed by atoms with Crippen LogP contribution in [0.3, 0.4) is 0 Å². The van der Waals surface area contributed by atoms with E-state index in [0.717, 1.165) is 30.4 Å². The van der Waals surface area contributed by atoms with Gasteiger partial charge < -0.3 is 52.1 Å². The number of rotatable bonds is 21. The maximum absolute atomic E-state index is 14.0. The first-order valence-electron chi connectivity index (χ1n) is 22.2. The van der Waals surface area contributed by atoms with Crippen LogP contribution in [0.2, 0.25) is 0 Å². The molecule has 5 aromatic rings. The van der Waals surface area contributed by atoms with E-state index in [9.17, 15) is 24.0 Å². The predicted octanol–water partition coefficient (Wildman–Crippen LogP) is 8.14. The van der Waals surface area contributed by atoms with Gasteiger partial charge in [-0.2, -0.15) is 0 Å². The Kier molecular flexibility index (Phi) is 19.5. The average Bonchev–Trinajstić information content (AvgIpc) is 3.41. The van der Waals surface area contributed by atoms with Crippen LogP contribution in [0.25, 0.3) is 30.4 Å². The fraction of sp³-hybridized carbons (Fsp3) is 0.196. The standard InChI is InChI=1S/C56H52O16/c1-62-42-16-6-11-37(31-42)21-26-48(57)67-36-47-53(69-49(58)27-22-38-12-7-17-43(32-38)63-2)54(70-50(59)28-23-39-13-8-18-44(33-39)64-3)55(71-51(60)29-24-40-14-9-19-45(34-40)65-4)56(68-47)72-52(61)30-25-41-15-10-20-46(35-41)66-5/h6-35,47,53-56H,36H2,1-5H3/b26-21+,27-22+,28-23+,29-24+,30-25+/t47-,53+,54+,55+,56-/m1/s1. The van der Waals surface area contributed by atoms with Crippen LogP contribution < -0.4 is 23.7 Å². The molecule has 5 aromatic carbocycles. The fourth-order valence-corrected chi connectivity index (χ4v) is 6.94. The third-order valence-corrected chi connectivity index (χ3v) is 10.5. The zero-order chi connectivity index (χ0) is 51.2. The minimum atomic E-state index is -1.89. The topological polar surface area (TPSA) is 187 Å². The molecule has 0 aliphatic carbocycles. The van der Waals surface area contributed by atoms with Gasteiger partial charge in [0, 0.05) is 30.4 Å². The third kappa shape index (κ3) is 16.1. The maximum Gasteiger partial charge on any atom is 0.333 e. The summed E-state index contributed by atoms with van der Waals surface area (Å²) in [5.41, 5.74) is 2.85. The Morgan fingerprint density at radius 3 is 1.01 bits per heavy atom. The van der Waals surface area contributed by atoms with Gasteiger partial charge in [-0.1, -0.05) is 60.7 Å². The molecule has 0 N–H and O–H groups in total. The van der Waals surface area contributed by atoms with Crippen molar-refractivity contribution >= 4 is 60.2 Å².